The first-order valence-corrected chi connectivity index (χ1v) is 9.44. The number of aromatic nitrogens is 3. The van der Waals surface area contributed by atoms with E-state index in [-0.39, 0.29) is 5.56 Å². The third-order valence-corrected chi connectivity index (χ3v) is 5.41. The molecule has 2 aromatic heterocycles. The molecule has 0 radical (unpaired) electrons. The Bertz CT molecular complexity index is 957. The van der Waals surface area contributed by atoms with Crippen LogP contribution in [0.25, 0.3) is 21.9 Å². The van der Waals surface area contributed by atoms with Crippen molar-refractivity contribution in [3.63, 3.8) is 0 Å². The van der Waals surface area contributed by atoms with Crippen molar-refractivity contribution in [1.82, 2.24) is 14.8 Å². The first-order chi connectivity index (χ1) is 12.7. The van der Waals surface area contributed by atoms with Crippen LogP contribution in [0.3, 0.4) is 0 Å². The number of hydrogen-bond acceptors (Lipinski definition) is 4. The number of nitrogens with one attached hydrogen (secondary N) is 1. The molecule has 0 aliphatic heterocycles. The number of hydrogen-bond donors (Lipinski definition) is 2. The molecule has 1 aromatic carbocycles. The zero-order valence-electron chi connectivity index (χ0n) is 15.0. The van der Waals surface area contributed by atoms with Gasteiger partial charge in [-0.25, -0.2) is 14.5 Å². The second-order valence-electron chi connectivity index (χ2n) is 7.11. The van der Waals surface area contributed by atoms with Crippen molar-refractivity contribution in [2.75, 3.05) is 11.9 Å². The first kappa shape index (κ1) is 16.8. The number of anilines is 1. The Morgan fingerprint density at radius 2 is 2.08 bits per heavy atom. The topological polar surface area (TPSA) is 80.0 Å². The summed E-state index contributed by atoms with van der Waals surface area (Å²) >= 11 is 0. The number of aryl methyl sites for hydroxylation is 1. The van der Waals surface area contributed by atoms with E-state index in [4.69, 9.17) is 4.98 Å². The minimum atomic E-state index is -0.922. The van der Waals surface area contributed by atoms with Crippen LogP contribution in [-0.4, -0.2) is 32.4 Å². The van der Waals surface area contributed by atoms with Crippen LogP contribution in [0.2, 0.25) is 0 Å². The minimum absolute atomic E-state index is 0.280. The van der Waals surface area contributed by atoms with Crippen molar-refractivity contribution in [3.8, 4) is 0 Å². The lowest BCUT2D eigenvalue weighted by Crippen LogP contribution is -2.17. The van der Waals surface area contributed by atoms with Gasteiger partial charge in [0.05, 0.1) is 28.4 Å². The van der Waals surface area contributed by atoms with Gasteiger partial charge in [0.25, 0.3) is 0 Å². The standard InChI is InChI=1S/C20H24N4O2/c1-2-24-19-16(12-22-24)18(21-11-13-6-4-3-5-7-13)15-10-14(20(25)26)8-9-17(15)23-19/h8-10,12-13H,2-7,11H2,1H3,(H,21,23)(H,25,26). The highest BCUT2D eigenvalue weighted by Gasteiger charge is 2.18. The summed E-state index contributed by atoms with van der Waals surface area (Å²) in [5.41, 5.74) is 2.87. The van der Waals surface area contributed by atoms with Gasteiger partial charge in [0.1, 0.15) is 0 Å². The van der Waals surface area contributed by atoms with E-state index in [2.05, 4.69) is 10.4 Å². The maximum absolute atomic E-state index is 11.4. The lowest BCUT2D eigenvalue weighted by molar-refractivity contribution is 0.0697. The number of benzene rings is 1. The second-order valence-corrected chi connectivity index (χ2v) is 7.11. The molecule has 1 saturated carbocycles. The minimum Gasteiger partial charge on any atom is -0.478 e. The summed E-state index contributed by atoms with van der Waals surface area (Å²) in [7, 11) is 0. The molecule has 3 aromatic rings. The van der Waals surface area contributed by atoms with Gasteiger partial charge < -0.3 is 10.4 Å². The van der Waals surface area contributed by atoms with Gasteiger partial charge in [0.15, 0.2) is 5.65 Å². The molecule has 1 fully saturated rings. The summed E-state index contributed by atoms with van der Waals surface area (Å²) in [6.45, 7) is 3.70. The number of aromatic carboxylic acids is 1. The summed E-state index contributed by atoms with van der Waals surface area (Å²) in [4.78, 5) is 16.1. The highest BCUT2D eigenvalue weighted by Crippen LogP contribution is 2.33. The van der Waals surface area contributed by atoms with Crippen molar-refractivity contribution < 1.29 is 9.90 Å². The molecule has 26 heavy (non-hydrogen) atoms. The zero-order valence-corrected chi connectivity index (χ0v) is 15.0. The first-order valence-electron chi connectivity index (χ1n) is 9.44. The Hall–Kier alpha value is -2.63. The smallest absolute Gasteiger partial charge is 0.335 e. The fourth-order valence-electron chi connectivity index (χ4n) is 3.96. The maximum atomic E-state index is 11.4. The van der Waals surface area contributed by atoms with E-state index in [1.54, 1.807) is 18.2 Å². The van der Waals surface area contributed by atoms with Gasteiger partial charge in [-0.2, -0.15) is 5.10 Å². The maximum Gasteiger partial charge on any atom is 0.335 e. The lowest BCUT2D eigenvalue weighted by Gasteiger charge is -2.23. The monoisotopic (exact) mass is 352 g/mol. The van der Waals surface area contributed by atoms with Crippen molar-refractivity contribution in [2.45, 2.75) is 45.6 Å². The molecule has 136 valence electrons. The van der Waals surface area contributed by atoms with Crippen LogP contribution in [0.15, 0.2) is 24.4 Å². The van der Waals surface area contributed by atoms with Crippen LogP contribution in [-0.2, 0) is 6.54 Å². The summed E-state index contributed by atoms with van der Waals surface area (Å²) in [5, 5.41) is 19.2. The normalized spacial score (nSPS) is 15.6. The summed E-state index contributed by atoms with van der Waals surface area (Å²) in [5.74, 6) is -0.250. The van der Waals surface area contributed by atoms with Crippen molar-refractivity contribution in [3.05, 3.63) is 30.0 Å². The molecule has 1 aliphatic carbocycles. The van der Waals surface area contributed by atoms with Gasteiger partial charge in [0.2, 0.25) is 0 Å². The summed E-state index contributed by atoms with van der Waals surface area (Å²) in [6.07, 6.45) is 8.29. The second kappa shape index (κ2) is 6.94. The third-order valence-electron chi connectivity index (χ3n) is 5.41. The van der Waals surface area contributed by atoms with Crippen molar-refractivity contribution in [1.29, 1.82) is 0 Å². The molecule has 0 spiro atoms. The van der Waals surface area contributed by atoms with Crippen LogP contribution in [0.1, 0.15) is 49.4 Å². The zero-order chi connectivity index (χ0) is 18.1. The molecule has 0 bridgehead atoms. The molecule has 4 rings (SSSR count). The Balaban J connectivity index is 1.82. The summed E-state index contributed by atoms with van der Waals surface area (Å²) < 4.78 is 1.88. The quantitative estimate of drug-likeness (QED) is 0.716. The van der Waals surface area contributed by atoms with Gasteiger partial charge in [-0.05, 0) is 43.9 Å². The van der Waals surface area contributed by atoms with Crippen molar-refractivity contribution in [2.24, 2.45) is 5.92 Å². The van der Waals surface area contributed by atoms with Gasteiger partial charge in [0, 0.05) is 18.5 Å². The van der Waals surface area contributed by atoms with Crippen LogP contribution in [0.5, 0.6) is 0 Å². The van der Waals surface area contributed by atoms with E-state index in [0.29, 0.717) is 5.92 Å². The van der Waals surface area contributed by atoms with E-state index in [9.17, 15) is 9.90 Å². The van der Waals surface area contributed by atoms with Crippen LogP contribution < -0.4 is 5.32 Å². The Labute approximate surface area is 152 Å². The summed E-state index contributed by atoms with van der Waals surface area (Å²) in [6, 6.07) is 5.12. The molecule has 0 unspecified atom stereocenters. The number of nitrogens with zero attached hydrogens (tertiary/aromatic N) is 3. The average molecular weight is 352 g/mol. The van der Waals surface area contributed by atoms with Gasteiger partial charge >= 0.3 is 5.97 Å². The van der Waals surface area contributed by atoms with E-state index in [0.717, 1.165) is 40.7 Å². The Morgan fingerprint density at radius 3 is 2.81 bits per heavy atom. The molecule has 0 amide bonds. The fourth-order valence-corrected chi connectivity index (χ4v) is 3.96. The van der Waals surface area contributed by atoms with Gasteiger partial charge in [-0.3, -0.25) is 0 Å². The highest BCUT2D eigenvalue weighted by molar-refractivity contribution is 6.08. The largest absolute Gasteiger partial charge is 0.478 e. The number of carboxylic acid groups (broad SMARTS) is 1. The van der Waals surface area contributed by atoms with Crippen LogP contribution in [0.4, 0.5) is 5.69 Å². The Kier molecular flexibility index (Phi) is 4.49. The van der Waals surface area contributed by atoms with Crippen LogP contribution >= 0.6 is 0 Å². The molecule has 2 N–H and O–H groups in total. The predicted octanol–water partition coefficient (Wildman–Crippen LogP) is 4.29. The van der Waals surface area contributed by atoms with E-state index >= 15 is 0 Å². The van der Waals surface area contributed by atoms with Crippen molar-refractivity contribution >= 4 is 33.6 Å². The number of pyridine rings is 1. The van der Waals surface area contributed by atoms with E-state index in [1.165, 1.54) is 32.1 Å². The SMILES string of the molecule is CCn1ncc2c(NCC3CCCCC3)c3cc(C(=O)O)ccc3nc21. The molecule has 2 heterocycles. The molecule has 6 heteroatoms. The molecule has 6 nitrogen and oxygen atoms in total. The number of carboxylic acids is 1. The van der Waals surface area contributed by atoms with Crippen LogP contribution in [0, 0.1) is 5.92 Å². The Morgan fingerprint density at radius 1 is 1.27 bits per heavy atom. The van der Waals surface area contributed by atoms with Gasteiger partial charge in [-0.15, -0.1) is 0 Å². The molecular weight excluding hydrogens is 328 g/mol. The predicted molar refractivity (Wildman–Crippen MR) is 103 cm³/mol. The fraction of sp³-hybridized carbons (Fsp3) is 0.450. The lowest BCUT2D eigenvalue weighted by atomic mass is 9.89. The highest BCUT2D eigenvalue weighted by atomic mass is 16.4. The van der Waals surface area contributed by atoms with Gasteiger partial charge in [-0.1, -0.05) is 19.3 Å². The molecule has 0 atom stereocenters. The van der Waals surface area contributed by atoms with E-state index < -0.39 is 5.97 Å². The number of fused-ring (bicyclic) bond motifs is 2. The molecular formula is C20H24N4O2. The number of carbonyl (C=O) groups is 1. The van der Waals surface area contributed by atoms with E-state index in [1.807, 2.05) is 17.8 Å². The molecule has 1 aliphatic rings. The molecule has 0 saturated heterocycles. The number of rotatable bonds is 5. The average Bonchev–Trinajstić information content (AvgIpc) is 3.08. The third kappa shape index (κ3) is 3.00.